The molecule has 4 rings (SSSR count). The van der Waals surface area contributed by atoms with E-state index in [1.54, 1.807) is 23.7 Å². The molecule has 0 unspecified atom stereocenters. The zero-order valence-electron chi connectivity index (χ0n) is 13.5. The molecule has 0 N–H and O–H groups in total. The summed E-state index contributed by atoms with van der Waals surface area (Å²) < 4.78 is 2.00. The number of nitrogens with zero attached hydrogens (tertiary/aromatic N) is 4. The van der Waals surface area contributed by atoms with Gasteiger partial charge in [0, 0.05) is 30.4 Å². The van der Waals surface area contributed by atoms with Crippen molar-refractivity contribution in [2.45, 2.75) is 0 Å². The summed E-state index contributed by atoms with van der Waals surface area (Å²) in [6.45, 7) is 0. The normalized spacial score (nSPS) is 10.3. The van der Waals surface area contributed by atoms with Crippen LogP contribution in [0.1, 0.15) is 11.5 Å². The van der Waals surface area contributed by atoms with E-state index in [2.05, 4.69) is 33.9 Å². The van der Waals surface area contributed by atoms with Gasteiger partial charge in [0.05, 0.1) is 0 Å². The molecule has 0 aliphatic heterocycles. The van der Waals surface area contributed by atoms with Gasteiger partial charge in [-0.2, -0.15) is 0 Å². The molecule has 0 saturated heterocycles. The number of hydrogen-bond donors (Lipinski definition) is 0. The fourth-order valence-corrected chi connectivity index (χ4v) is 3.27. The van der Waals surface area contributed by atoms with Crippen LogP contribution in [0.3, 0.4) is 0 Å². The molecule has 0 aliphatic carbocycles. The number of rotatable bonds is 2. The lowest BCUT2D eigenvalue weighted by molar-refractivity contribution is 0.900. The Morgan fingerprint density at radius 3 is 2.48 bits per heavy atom. The summed E-state index contributed by atoms with van der Waals surface area (Å²) >= 11 is 1.59. The van der Waals surface area contributed by atoms with Gasteiger partial charge in [0.2, 0.25) is 0 Å². The third kappa shape index (κ3) is 3.08. The maximum Gasteiger partial charge on any atom is 0.186 e. The van der Waals surface area contributed by atoms with Crippen LogP contribution in [0.25, 0.3) is 22.0 Å². The van der Waals surface area contributed by atoms with E-state index in [9.17, 15) is 0 Å². The zero-order valence-corrected chi connectivity index (χ0v) is 14.4. The first-order valence-electron chi connectivity index (χ1n) is 7.78. The van der Waals surface area contributed by atoms with Gasteiger partial charge in [-0.1, -0.05) is 36.4 Å². The first-order valence-corrected chi connectivity index (χ1v) is 8.66. The fraction of sp³-hybridized carbons (Fsp3) is 0.0500. The third-order valence-corrected chi connectivity index (χ3v) is 4.52. The minimum atomic E-state index is 0.690. The average Bonchev–Trinajstić information content (AvgIpc) is 3.29. The summed E-state index contributed by atoms with van der Waals surface area (Å²) in [6.07, 6.45) is 3.54. The molecule has 1 aromatic carbocycles. The van der Waals surface area contributed by atoms with E-state index in [0.29, 0.717) is 5.82 Å². The quantitative estimate of drug-likeness (QED) is 0.517. The van der Waals surface area contributed by atoms with Gasteiger partial charge in [-0.3, -0.25) is 0 Å². The molecule has 4 aromatic rings. The predicted molar refractivity (Wildman–Crippen MR) is 100.0 cm³/mol. The van der Waals surface area contributed by atoms with Crippen molar-refractivity contribution in [1.82, 2.24) is 19.5 Å². The Balaban J connectivity index is 1.86. The summed E-state index contributed by atoms with van der Waals surface area (Å²) in [7, 11) is 1.97. The molecule has 0 amide bonds. The largest absolute Gasteiger partial charge is 0.318 e. The molecule has 0 saturated carbocycles. The molecule has 5 heteroatoms. The third-order valence-electron chi connectivity index (χ3n) is 3.74. The van der Waals surface area contributed by atoms with Gasteiger partial charge >= 0.3 is 0 Å². The molecule has 0 aliphatic rings. The van der Waals surface area contributed by atoms with Crippen LogP contribution < -0.4 is 0 Å². The van der Waals surface area contributed by atoms with Crippen molar-refractivity contribution < 1.29 is 0 Å². The monoisotopic (exact) mass is 342 g/mol. The van der Waals surface area contributed by atoms with Gasteiger partial charge in [0.25, 0.3) is 0 Å². The molecule has 3 aromatic heterocycles. The topological polar surface area (TPSA) is 43.6 Å². The summed E-state index contributed by atoms with van der Waals surface area (Å²) in [5, 5.41) is 2.90. The Bertz CT molecular complexity index is 1040. The van der Waals surface area contributed by atoms with Gasteiger partial charge in [0.15, 0.2) is 5.82 Å². The van der Waals surface area contributed by atoms with Crippen molar-refractivity contribution in [3.63, 3.8) is 0 Å². The maximum absolute atomic E-state index is 4.78. The van der Waals surface area contributed by atoms with Crippen molar-refractivity contribution in [3.05, 3.63) is 77.8 Å². The second-order valence-corrected chi connectivity index (χ2v) is 6.25. The molecular weight excluding hydrogens is 328 g/mol. The summed E-state index contributed by atoms with van der Waals surface area (Å²) in [6, 6.07) is 15.8. The summed E-state index contributed by atoms with van der Waals surface area (Å²) in [5.41, 5.74) is 3.65. The average molecular weight is 342 g/mol. The number of hydrogen-bond acceptors (Lipinski definition) is 4. The minimum absolute atomic E-state index is 0.690. The van der Waals surface area contributed by atoms with Crippen LogP contribution >= 0.6 is 11.3 Å². The second kappa shape index (κ2) is 6.71. The minimum Gasteiger partial charge on any atom is -0.318 e. The van der Waals surface area contributed by atoms with E-state index in [1.807, 2.05) is 53.4 Å². The number of pyridine rings is 1. The van der Waals surface area contributed by atoms with Crippen LogP contribution in [-0.4, -0.2) is 19.5 Å². The Morgan fingerprint density at radius 2 is 1.76 bits per heavy atom. The van der Waals surface area contributed by atoms with Crippen molar-refractivity contribution in [1.29, 1.82) is 0 Å². The highest BCUT2D eigenvalue weighted by atomic mass is 32.1. The van der Waals surface area contributed by atoms with E-state index in [0.717, 1.165) is 27.7 Å². The van der Waals surface area contributed by atoms with E-state index >= 15 is 0 Å². The molecule has 3 heterocycles. The molecule has 4 nitrogen and oxygen atoms in total. The lowest BCUT2D eigenvalue weighted by Gasteiger charge is -2.03. The van der Waals surface area contributed by atoms with Crippen LogP contribution in [0.2, 0.25) is 0 Å². The first kappa shape index (κ1) is 15.3. The van der Waals surface area contributed by atoms with Crippen molar-refractivity contribution in [2.75, 3.05) is 0 Å². The van der Waals surface area contributed by atoms with E-state index in [-0.39, 0.29) is 0 Å². The smallest absolute Gasteiger partial charge is 0.186 e. The molecule has 0 spiro atoms. The van der Waals surface area contributed by atoms with E-state index < -0.39 is 0 Å². The van der Waals surface area contributed by atoms with Gasteiger partial charge in [0.1, 0.15) is 22.1 Å². The second-order valence-electron chi connectivity index (χ2n) is 5.36. The number of benzene rings is 1. The number of imidazole rings is 1. The zero-order chi connectivity index (χ0) is 17.1. The van der Waals surface area contributed by atoms with Crippen molar-refractivity contribution >= 4 is 11.3 Å². The number of aromatic nitrogens is 4. The molecule has 0 atom stereocenters. The highest BCUT2D eigenvalue weighted by Crippen LogP contribution is 2.33. The predicted octanol–water partition coefficient (Wildman–Crippen LogP) is 4.01. The molecule has 0 bridgehead atoms. The van der Waals surface area contributed by atoms with Gasteiger partial charge < -0.3 is 4.57 Å². The molecule has 0 fully saturated rings. The van der Waals surface area contributed by atoms with E-state index in [1.165, 1.54) is 0 Å². The van der Waals surface area contributed by atoms with Gasteiger partial charge in [-0.05, 0) is 24.0 Å². The number of thiazole rings is 1. The molecule has 25 heavy (non-hydrogen) atoms. The first-order chi connectivity index (χ1) is 12.3. The molecule has 0 radical (unpaired) electrons. The fourth-order valence-electron chi connectivity index (χ4n) is 2.55. The Morgan fingerprint density at radius 1 is 0.920 bits per heavy atom. The van der Waals surface area contributed by atoms with Crippen LogP contribution in [-0.2, 0) is 7.05 Å². The standard InChI is InChI=1S/C20H14N4S/c1-24-17(11-10-16-9-5-6-12-21-16)23-18(15-7-3-2-4-8-15)19(24)20-22-13-14-25-20/h2-9,12-14H,1H3. The van der Waals surface area contributed by atoms with Crippen LogP contribution in [0, 0.1) is 11.8 Å². The Kier molecular flexibility index (Phi) is 4.11. The molecule has 120 valence electrons. The van der Waals surface area contributed by atoms with Gasteiger partial charge in [-0.15, -0.1) is 11.3 Å². The van der Waals surface area contributed by atoms with Crippen molar-refractivity contribution in [3.8, 4) is 33.8 Å². The van der Waals surface area contributed by atoms with Crippen LogP contribution in [0.15, 0.2) is 66.3 Å². The van der Waals surface area contributed by atoms with Crippen LogP contribution in [0.4, 0.5) is 0 Å². The molecular formula is C20H14N4S. The lowest BCUT2D eigenvalue weighted by atomic mass is 10.1. The Hall–Kier alpha value is -3.23. The maximum atomic E-state index is 4.78. The van der Waals surface area contributed by atoms with Gasteiger partial charge in [-0.25, -0.2) is 15.0 Å². The SMILES string of the molecule is Cn1c(C#Cc2ccccn2)nc(-c2ccccc2)c1-c1nccs1. The lowest BCUT2D eigenvalue weighted by Crippen LogP contribution is -1.95. The van der Waals surface area contributed by atoms with E-state index in [4.69, 9.17) is 4.98 Å². The summed E-state index contributed by atoms with van der Waals surface area (Å²) in [4.78, 5) is 13.5. The highest BCUT2D eigenvalue weighted by molar-refractivity contribution is 7.13. The van der Waals surface area contributed by atoms with Crippen molar-refractivity contribution in [2.24, 2.45) is 7.05 Å². The highest BCUT2D eigenvalue weighted by Gasteiger charge is 2.18. The summed E-state index contributed by atoms with van der Waals surface area (Å²) in [5.74, 6) is 6.91. The Labute approximate surface area is 149 Å². The van der Waals surface area contributed by atoms with Crippen LogP contribution in [0.5, 0.6) is 0 Å².